The van der Waals surface area contributed by atoms with E-state index in [0.29, 0.717) is 0 Å². The number of carbonyl (C=O) groups excluding carboxylic acids is 1. The van der Waals surface area contributed by atoms with Crippen molar-refractivity contribution in [2.24, 2.45) is 0 Å². The van der Waals surface area contributed by atoms with E-state index in [1.165, 1.54) is 14.0 Å². The first-order valence-corrected chi connectivity index (χ1v) is 2.22. The Labute approximate surface area is 41.1 Å². The van der Waals surface area contributed by atoms with Gasteiger partial charge in [-0.25, -0.2) is 0 Å². The second kappa shape index (κ2) is 3.18. The van der Waals surface area contributed by atoms with Gasteiger partial charge in [-0.2, -0.15) is 0 Å². The molecule has 3 heteroatoms. The first-order valence-electron chi connectivity index (χ1n) is 1.48. The van der Waals surface area contributed by atoms with Crippen molar-refractivity contribution in [2.45, 2.75) is 6.92 Å². The highest BCUT2D eigenvalue weighted by atomic mass is 32.2. The van der Waals surface area contributed by atoms with E-state index in [2.05, 4.69) is 4.18 Å². The van der Waals surface area contributed by atoms with E-state index in [1.807, 2.05) is 0 Å². The monoisotopic (exact) mass is 106 g/mol. The molecule has 36 valence electrons. The average molecular weight is 106 g/mol. The van der Waals surface area contributed by atoms with Gasteiger partial charge in [0.25, 0.3) is 0 Å². The van der Waals surface area contributed by atoms with Crippen LogP contribution in [-0.2, 0) is 8.98 Å². The lowest BCUT2D eigenvalue weighted by atomic mass is 10.9. The molecule has 0 saturated heterocycles. The summed E-state index contributed by atoms with van der Waals surface area (Å²) >= 11 is 0.847. The van der Waals surface area contributed by atoms with Crippen LogP contribution < -0.4 is 0 Å². The Hall–Kier alpha value is -0.0200. The molecule has 0 aromatic rings. The largest absolute Gasteiger partial charge is 0.311 e. The van der Waals surface area contributed by atoms with Gasteiger partial charge in [-0.1, -0.05) is 0 Å². The van der Waals surface area contributed by atoms with Crippen molar-refractivity contribution in [1.82, 2.24) is 0 Å². The normalized spacial score (nSPS) is 8.33. The Bertz CT molecular complexity index is 52.8. The zero-order valence-corrected chi connectivity index (χ0v) is 4.54. The van der Waals surface area contributed by atoms with E-state index in [-0.39, 0.29) is 5.12 Å². The van der Waals surface area contributed by atoms with Gasteiger partial charge in [-0.05, 0) is 0 Å². The maximum absolute atomic E-state index is 9.88. The number of rotatable bonds is 1. The summed E-state index contributed by atoms with van der Waals surface area (Å²) in [5.41, 5.74) is 0. The molecule has 0 amide bonds. The molecule has 0 aromatic heterocycles. The molecule has 0 saturated carbocycles. The van der Waals surface area contributed by atoms with Crippen LogP contribution in [0.1, 0.15) is 6.92 Å². The maximum atomic E-state index is 9.88. The highest BCUT2D eigenvalue weighted by Gasteiger charge is 1.85. The zero-order valence-electron chi connectivity index (χ0n) is 3.72. The summed E-state index contributed by atoms with van der Waals surface area (Å²) in [6.07, 6.45) is 0. The molecule has 0 spiro atoms. The van der Waals surface area contributed by atoms with Crippen LogP contribution in [0, 0.1) is 0 Å². The summed E-state index contributed by atoms with van der Waals surface area (Å²) < 4.78 is 4.37. The number of hydrogen-bond acceptors (Lipinski definition) is 3. The van der Waals surface area contributed by atoms with Gasteiger partial charge in [0, 0.05) is 6.92 Å². The Balaban J connectivity index is 2.83. The minimum Gasteiger partial charge on any atom is -0.311 e. The summed E-state index contributed by atoms with van der Waals surface area (Å²) in [5.74, 6) is 0. The zero-order chi connectivity index (χ0) is 4.99. The minimum absolute atomic E-state index is 0.0162. The average Bonchev–Trinajstić information content (AvgIpc) is 1.35. The molecule has 0 atom stereocenters. The molecule has 0 aliphatic carbocycles. The van der Waals surface area contributed by atoms with Crippen LogP contribution in [0.25, 0.3) is 0 Å². The van der Waals surface area contributed by atoms with Gasteiger partial charge in [0.05, 0.1) is 19.2 Å². The minimum atomic E-state index is -0.0162. The Morgan fingerprint density at radius 2 is 2.33 bits per heavy atom. The van der Waals surface area contributed by atoms with E-state index in [9.17, 15) is 4.79 Å². The lowest BCUT2D eigenvalue weighted by Gasteiger charge is -1.82. The van der Waals surface area contributed by atoms with Crippen LogP contribution in [0.5, 0.6) is 0 Å². The lowest BCUT2D eigenvalue weighted by Crippen LogP contribution is -1.78. The SMILES string of the molecule is COSC(C)=O. The van der Waals surface area contributed by atoms with Crippen molar-refractivity contribution in [3.8, 4) is 0 Å². The summed E-state index contributed by atoms with van der Waals surface area (Å²) in [5, 5.41) is -0.0162. The van der Waals surface area contributed by atoms with Crippen LogP contribution >= 0.6 is 12.0 Å². The van der Waals surface area contributed by atoms with Gasteiger partial charge in [0.15, 0.2) is 0 Å². The lowest BCUT2D eigenvalue weighted by molar-refractivity contribution is -0.109. The van der Waals surface area contributed by atoms with Crippen molar-refractivity contribution in [3.63, 3.8) is 0 Å². The molecule has 0 aliphatic rings. The molecule has 0 aliphatic heterocycles. The van der Waals surface area contributed by atoms with Gasteiger partial charge < -0.3 is 4.18 Å². The molecule has 0 unspecified atom stereocenters. The summed E-state index contributed by atoms with van der Waals surface area (Å²) in [6, 6.07) is 0. The Morgan fingerprint density at radius 3 is 2.33 bits per heavy atom. The molecule has 0 bridgehead atoms. The van der Waals surface area contributed by atoms with E-state index in [4.69, 9.17) is 0 Å². The maximum Gasteiger partial charge on any atom is 0.212 e. The third kappa shape index (κ3) is 3.98. The van der Waals surface area contributed by atoms with E-state index in [0.717, 1.165) is 12.0 Å². The second-order valence-electron chi connectivity index (χ2n) is 0.742. The van der Waals surface area contributed by atoms with E-state index >= 15 is 0 Å². The fraction of sp³-hybridized carbons (Fsp3) is 0.667. The highest BCUT2D eigenvalue weighted by molar-refractivity contribution is 8.09. The van der Waals surface area contributed by atoms with Crippen molar-refractivity contribution >= 4 is 17.2 Å². The third-order valence-electron chi connectivity index (χ3n) is 0.201. The summed E-state index contributed by atoms with van der Waals surface area (Å²) in [6.45, 7) is 1.45. The number of carbonyl (C=O) groups is 1. The van der Waals surface area contributed by atoms with Crippen LogP contribution in [-0.4, -0.2) is 12.2 Å². The molecule has 2 nitrogen and oxygen atoms in total. The Morgan fingerprint density at radius 1 is 1.83 bits per heavy atom. The second-order valence-corrected chi connectivity index (χ2v) is 1.82. The van der Waals surface area contributed by atoms with Crippen LogP contribution in [0.4, 0.5) is 0 Å². The molecule has 0 heterocycles. The highest BCUT2D eigenvalue weighted by Crippen LogP contribution is 1.97. The van der Waals surface area contributed by atoms with Crippen LogP contribution in [0.2, 0.25) is 0 Å². The van der Waals surface area contributed by atoms with Gasteiger partial charge in [0.1, 0.15) is 0 Å². The van der Waals surface area contributed by atoms with Crippen LogP contribution in [0.3, 0.4) is 0 Å². The predicted octanol–water partition coefficient (Wildman–Crippen LogP) is 0.828. The van der Waals surface area contributed by atoms with Gasteiger partial charge in [-0.3, -0.25) is 4.79 Å². The van der Waals surface area contributed by atoms with E-state index < -0.39 is 0 Å². The van der Waals surface area contributed by atoms with Crippen LogP contribution in [0.15, 0.2) is 0 Å². The molecule has 0 radical (unpaired) electrons. The smallest absolute Gasteiger partial charge is 0.212 e. The quantitative estimate of drug-likeness (QED) is 0.463. The molecule has 6 heavy (non-hydrogen) atoms. The van der Waals surface area contributed by atoms with Crippen molar-refractivity contribution in [2.75, 3.05) is 7.11 Å². The topological polar surface area (TPSA) is 26.3 Å². The van der Waals surface area contributed by atoms with Gasteiger partial charge in [-0.15, -0.1) is 0 Å². The summed E-state index contributed by atoms with van der Waals surface area (Å²) in [7, 11) is 1.46. The molecular formula is C3H6O2S. The van der Waals surface area contributed by atoms with Gasteiger partial charge in [0.2, 0.25) is 5.12 Å². The molecule has 0 rings (SSSR count). The predicted molar refractivity (Wildman–Crippen MR) is 25.3 cm³/mol. The fourth-order valence-corrected chi connectivity index (χ4v) is 0.352. The van der Waals surface area contributed by atoms with Crippen molar-refractivity contribution in [1.29, 1.82) is 0 Å². The molecular weight excluding hydrogens is 100 g/mol. The Kier molecular flexibility index (Phi) is 3.17. The van der Waals surface area contributed by atoms with Crippen molar-refractivity contribution < 1.29 is 8.98 Å². The van der Waals surface area contributed by atoms with E-state index in [1.54, 1.807) is 0 Å². The van der Waals surface area contributed by atoms with Gasteiger partial charge >= 0.3 is 0 Å². The molecule has 0 fully saturated rings. The number of hydrogen-bond donors (Lipinski definition) is 0. The first kappa shape index (κ1) is 5.98. The standard InChI is InChI=1S/C3H6O2S/c1-3(4)6-5-2/h1-2H3. The molecule has 0 N–H and O–H groups in total. The fourth-order valence-electron chi connectivity index (χ4n) is 0.117. The van der Waals surface area contributed by atoms with Crippen molar-refractivity contribution in [3.05, 3.63) is 0 Å². The summed E-state index contributed by atoms with van der Waals surface area (Å²) in [4.78, 5) is 9.88. The molecule has 0 aromatic carbocycles. The third-order valence-corrected chi connectivity index (χ3v) is 0.602. The first-order chi connectivity index (χ1) is 2.77.